The maximum Gasteiger partial charge on any atom is 0.0806 e. The van der Waals surface area contributed by atoms with E-state index < -0.39 is 10.8 Å². The van der Waals surface area contributed by atoms with Gasteiger partial charge in [-0.1, -0.05) is 17.7 Å². The second-order valence-corrected chi connectivity index (χ2v) is 5.47. The first kappa shape index (κ1) is 12.1. The number of nitrogens with zero attached hydrogens (tertiary/aromatic N) is 2. The van der Waals surface area contributed by atoms with Crippen LogP contribution in [-0.2, 0) is 23.6 Å². The van der Waals surface area contributed by atoms with Crippen molar-refractivity contribution in [2.45, 2.75) is 10.6 Å². The Bertz CT molecular complexity index is 547. The molecule has 0 aliphatic heterocycles. The summed E-state index contributed by atoms with van der Waals surface area (Å²) in [5.74, 6) is 0.363. The summed E-state index contributed by atoms with van der Waals surface area (Å²) in [5.41, 5.74) is 7.13. The monoisotopic (exact) mass is 269 g/mol. The zero-order valence-corrected chi connectivity index (χ0v) is 10.8. The lowest BCUT2D eigenvalue weighted by Crippen LogP contribution is -2.01. The lowest BCUT2D eigenvalue weighted by molar-refractivity contribution is 0.683. The van der Waals surface area contributed by atoms with E-state index in [1.807, 2.05) is 13.2 Å². The Balaban J connectivity index is 2.26. The maximum atomic E-state index is 12.2. The Morgan fingerprint density at radius 2 is 2.29 bits per heavy atom. The molecule has 90 valence electrons. The minimum atomic E-state index is -1.25. The van der Waals surface area contributed by atoms with E-state index in [2.05, 4.69) is 5.10 Å². The summed E-state index contributed by atoms with van der Waals surface area (Å²) in [4.78, 5) is 0.498. The van der Waals surface area contributed by atoms with Crippen molar-refractivity contribution >= 4 is 28.1 Å². The Morgan fingerprint density at radius 1 is 1.53 bits per heavy atom. The molecule has 1 unspecified atom stereocenters. The highest BCUT2D eigenvalue weighted by molar-refractivity contribution is 7.84. The van der Waals surface area contributed by atoms with Crippen LogP contribution in [0.15, 0.2) is 35.5 Å². The quantitative estimate of drug-likeness (QED) is 0.867. The standard InChI is InChI=1S/C11H12ClN3OS/c1-15-6-8(5-14-15)7-17(16)11-9(12)3-2-4-10(11)13/h2-6H,7,13H2,1H3. The summed E-state index contributed by atoms with van der Waals surface area (Å²) in [5, 5.41) is 4.46. The van der Waals surface area contributed by atoms with Gasteiger partial charge in [-0.2, -0.15) is 5.10 Å². The van der Waals surface area contributed by atoms with Gasteiger partial charge < -0.3 is 5.73 Å². The Morgan fingerprint density at radius 3 is 2.88 bits per heavy atom. The number of halogens is 1. The fourth-order valence-corrected chi connectivity index (χ4v) is 3.19. The molecule has 2 aromatic rings. The average Bonchev–Trinajstić information content (AvgIpc) is 2.63. The molecule has 0 fully saturated rings. The first-order valence-electron chi connectivity index (χ1n) is 4.98. The number of aryl methyl sites for hydroxylation is 1. The van der Waals surface area contributed by atoms with Crippen molar-refractivity contribution in [1.82, 2.24) is 9.78 Å². The predicted octanol–water partition coefficient (Wildman–Crippen LogP) is 1.96. The highest BCUT2D eigenvalue weighted by atomic mass is 35.5. The Kier molecular flexibility index (Phi) is 3.49. The van der Waals surface area contributed by atoms with Crippen LogP contribution in [0.5, 0.6) is 0 Å². The molecule has 0 spiro atoms. The van der Waals surface area contributed by atoms with Crippen molar-refractivity contribution in [1.29, 1.82) is 0 Å². The number of anilines is 1. The third-order valence-electron chi connectivity index (χ3n) is 2.28. The molecule has 4 nitrogen and oxygen atoms in total. The molecule has 0 aliphatic carbocycles. The molecular weight excluding hydrogens is 258 g/mol. The van der Waals surface area contributed by atoms with E-state index in [0.29, 0.717) is 21.4 Å². The molecule has 6 heteroatoms. The third kappa shape index (κ3) is 2.68. The van der Waals surface area contributed by atoms with Crippen molar-refractivity contribution in [2.75, 3.05) is 5.73 Å². The number of nitrogen functional groups attached to an aromatic ring is 1. The van der Waals surface area contributed by atoms with Crippen molar-refractivity contribution in [3.05, 3.63) is 41.2 Å². The zero-order chi connectivity index (χ0) is 12.4. The van der Waals surface area contributed by atoms with Crippen LogP contribution in [0.2, 0.25) is 5.02 Å². The van der Waals surface area contributed by atoms with Gasteiger partial charge >= 0.3 is 0 Å². The van der Waals surface area contributed by atoms with E-state index in [1.165, 1.54) is 0 Å². The van der Waals surface area contributed by atoms with E-state index in [0.717, 1.165) is 5.56 Å². The van der Waals surface area contributed by atoms with Crippen molar-refractivity contribution in [3.8, 4) is 0 Å². The van der Waals surface area contributed by atoms with Crippen LogP contribution in [0.25, 0.3) is 0 Å². The zero-order valence-electron chi connectivity index (χ0n) is 9.26. The van der Waals surface area contributed by atoms with E-state index in [1.54, 1.807) is 29.1 Å². The van der Waals surface area contributed by atoms with Crippen molar-refractivity contribution < 1.29 is 4.21 Å². The van der Waals surface area contributed by atoms with Crippen LogP contribution < -0.4 is 5.73 Å². The Hall–Kier alpha value is -1.33. The van der Waals surface area contributed by atoms with Crippen LogP contribution in [0.3, 0.4) is 0 Å². The Labute approximate surface area is 107 Å². The minimum Gasteiger partial charge on any atom is -0.398 e. The van der Waals surface area contributed by atoms with Crippen LogP contribution in [0, 0.1) is 0 Å². The van der Waals surface area contributed by atoms with Gasteiger partial charge in [0.1, 0.15) is 0 Å². The number of benzene rings is 1. The summed E-state index contributed by atoms with van der Waals surface area (Å²) >= 11 is 6.00. The topological polar surface area (TPSA) is 60.9 Å². The first-order chi connectivity index (χ1) is 8.08. The van der Waals surface area contributed by atoms with Gasteiger partial charge in [-0.15, -0.1) is 0 Å². The molecule has 1 atom stereocenters. The minimum absolute atomic E-state index is 0.363. The number of aromatic nitrogens is 2. The van der Waals surface area contributed by atoms with Crippen LogP contribution in [0.4, 0.5) is 5.69 Å². The molecule has 0 aliphatic rings. The molecule has 17 heavy (non-hydrogen) atoms. The van der Waals surface area contributed by atoms with Gasteiger partial charge in [-0.3, -0.25) is 8.89 Å². The second-order valence-electron chi connectivity index (χ2n) is 3.67. The molecule has 1 aromatic heterocycles. The van der Waals surface area contributed by atoms with Gasteiger partial charge in [-0.25, -0.2) is 0 Å². The smallest absolute Gasteiger partial charge is 0.0806 e. The summed E-state index contributed by atoms with van der Waals surface area (Å²) in [6.45, 7) is 0. The van der Waals surface area contributed by atoms with E-state index in [-0.39, 0.29) is 0 Å². The van der Waals surface area contributed by atoms with Gasteiger partial charge in [0.15, 0.2) is 0 Å². The summed E-state index contributed by atoms with van der Waals surface area (Å²) in [7, 11) is 0.561. The van der Waals surface area contributed by atoms with Crippen molar-refractivity contribution in [2.24, 2.45) is 7.05 Å². The molecule has 1 aromatic carbocycles. The number of hydrogen-bond donors (Lipinski definition) is 1. The van der Waals surface area contributed by atoms with Gasteiger partial charge in [0.25, 0.3) is 0 Å². The molecule has 0 saturated carbocycles. The van der Waals surface area contributed by atoms with Crippen LogP contribution in [-0.4, -0.2) is 14.0 Å². The lowest BCUT2D eigenvalue weighted by atomic mass is 10.3. The van der Waals surface area contributed by atoms with E-state index >= 15 is 0 Å². The summed E-state index contributed by atoms with van der Waals surface area (Å²) in [6.07, 6.45) is 3.51. The van der Waals surface area contributed by atoms with E-state index in [9.17, 15) is 4.21 Å². The maximum absolute atomic E-state index is 12.2. The molecule has 0 saturated heterocycles. The SMILES string of the molecule is Cn1cc(CS(=O)c2c(N)cccc2Cl)cn1. The number of rotatable bonds is 3. The predicted molar refractivity (Wildman–Crippen MR) is 69.2 cm³/mol. The molecular formula is C11H12ClN3OS. The normalized spacial score (nSPS) is 12.6. The summed E-state index contributed by atoms with van der Waals surface area (Å²) < 4.78 is 13.8. The highest BCUT2D eigenvalue weighted by Gasteiger charge is 2.13. The van der Waals surface area contributed by atoms with Gasteiger partial charge in [-0.05, 0) is 12.1 Å². The molecule has 2 rings (SSSR count). The summed E-state index contributed by atoms with van der Waals surface area (Å²) in [6, 6.07) is 5.12. The number of hydrogen-bond acceptors (Lipinski definition) is 3. The molecule has 2 N–H and O–H groups in total. The molecule has 0 bridgehead atoms. The van der Waals surface area contributed by atoms with Crippen LogP contribution >= 0.6 is 11.6 Å². The highest BCUT2D eigenvalue weighted by Crippen LogP contribution is 2.27. The molecule has 1 heterocycles. The van der Waals surface area contributed by atoms with E-state index in [4.69, 9.17) is 17.3 Å². The third-order valence-corrected chi connectivity index (χ3v) is 4.21. The fraction of sp³-hybridized carbons (Fsp3) is 0.182. The molecule has 0 amide bonds. The van der Waals surface area contributed by atoms with Gasteiger partial charge in [0.05, 0.1) is 32.7 Å². The first-order valence-corrected chi connectivity index (χ1v) is 6.67. The lowest BCUT2D eigenvalue weighted by Gasteiger charge is -2.06. The number of nitrogens with two attached hydrogens (primary N) is 1. The molecule has 0 radical (unpaired) electrons. The van der Waals surface area contributed by atoms with Gasteiger partial charge in [0.2, 0.25) is 0 Å². The van der Waals surface area contributed by atoms with Crippen molar-refractivity contribution in [3.63, 3.8) is 0 Å². The largest absolute Gasteiger partial charge is 0.398 e. The van der Waals surface area contributed by atoms with Gasteiger partial charge in [0, 0.05) is 24.5 Å². The van der Waals surface area contributed by atoms with Crippen LogP contribution in [0.1, 0.15) is 5.56 Å². The fourth-order valence-electron chi connectivity index (χ4n) is 1.54. The average molecular weight is 270 g/mol. The second kappa shape index (κ2) is 4.89.